The Bertz CT molecular complexity index is 791. The summed E-state index contributed by atoms with van der Waals surface area (Å²) in [6, 6.07) is 4.76. The lowest BCUT2D eigenvalue weighted by molar-refractivity contribution is -0.0786. The molecule has 8 heteroatoms. The van der Waals surface area contributed by atoms with Crippen LogP contribution >= 0.6 is 27.7 Å². The van der Waals surface area contributed by atoms with Crippen LogP contribution in [0.25, 0.3) is 11.0 Å². The van der Waals surface area contributed by atoms with E-state index in [1.165, 1.54) is 11.8 Å². The highest BCUT2D eigenvalue weighted by molar-refractivity contribution is 9.10. The van der Waals surface area contributed by atoms with Crippen LogP contribution in [0.3, 0.4) is 0 Å². The zero-order chi connectivity index (χ0) is 16.7. The quantitative estimate of drug-likeness (QED) is 0.697. The first-order valence-corrected chi connectivity index (χ1v) is 8.78. The van der Waals surface area contributed by atoms with Gasteiger partial charge in [0.15, 0.2) is 5.44 Å². The molecule has 4 atom stereocenters. The van der Waals surface area contributed by atoms with Crippen LogP contribution in [-0.4, -0.2) is 44.8 Å². The average molecular weight is 403 g/mol. The summed E-state index contributed by atoms with van der Waals surface area (Å²) >= 11 is 4.40. The van der Waals surface area contributed by atoms with Gasteiger partial charge in [0, 0.05) is 11.8 Å². The van der Waals surface area contributed by atoms with Gasteiger partial charge in [-0.2, -0.15) is 0 Å². The zero-order valence-electron chi connectivity index (χ0n) is 12.1. The SMILES string of the molecule is Cc1oc2cc(O[C@H]3SC[C@@H](O)[C@H](O)[C@H]3O)ccc2c(=O)c1Br. The van der Waals surface area contributed by atoms with Crippen LogP contribution in [0.5, 0.6) is 5.75 Å². The molecule has 3 rings (SSSR count). The number of rotatable bonds is 2. The average Bonchev–Trinajstić information content (AvgIpc) is 2.53. The molecule has 1 aromatic carbocycles. The summed E-state index contributed by atoms with van der Waals surface area (Å²) in [5, 5.41) is 29.6. The van der Waals surface area contributed by atoms with E-state index in [0.717, 1.165) is 0 Å². The molecule has 0 radical (unpaired) electrons. The molecule has 3 N–H and O–H groups in total. The number of aliphatic hydroxyl groups excluding tert-OH is 3. The molecular weight excluding hydrogens is 388 g/mol. The van der Waals surface area contributed by atoms with E-state index in [1.807, 2.05) is 0 Å². The number of benzene rings is 1. The third-order valence-corrected chi connectivity index (χ3v) is 5.83. The second-order valence-electron chi connectivity index (χ2n) is 5.33. The lowest BCUT2D eigenvalue weighted by Crippen LogP contribution is -2.50. The molecule has 0 spiro atoms. The van der Waals surface area contributed by atoms with Gasteiger partial charge in [-0.3, -0.25) is 4.79 Å². The van der Waals surface area contributed by atoms with E-state index in [2.05, 4.69) is 15.9 Å². The Morgan fingerprint density at radius 1 is 1.30 bits per heavy atom. The maximum absolute atomic E-state index is 12.1. The van der Waals surface area contributed by atoms with Crippen molar-refractivity contribution < 1.29 is 24.5 Å². The van der Waals surface area contributed by atoms with E-state index in [4.69, 9.17) is 9.15 Å². The van der Waals surface area contributed by atoms with Crippen molar-refractivity contribution in [2.24, 2.45) is 0 Å². The van der Waals surface area contributed by atoms with Crippen LogP contribution < -0.4 is 10.2 Å². The third-order valence-electron chi connectivity index (χ3n) is 3.68. The highest BCUT2D eigenvalue weighted by Gasteiger charge is 2.38. The minimum absolute atomic E-state index is 0.166. The number of halogens is 1. The Hall–Kier alpha value is -1.06. The Kier molecular flexibility index (Phi) is 4.70. The summed E-state index contributed by atoms with van der Waals surface area (Å²) in [5.74, 6) is 1.13. The van der Waals surface area contributed by atoms with Gasteiger partial charge in [-0.1, -0.05) is 0 Å². The smallest absolute Gasteiger partial charge is 0.207 e. The summed E-state index contributed by atoms with van der Waals surface area (Å²) in [6.07, 6.45) is -3.44. The summed E-state index contributed by atoms with van der Waals surface area (Å²) in [7, 11) is 0. The van der Waals surface area contributed by atoms with E-state index in [9.17, 15) is 20.1 Å². The number of ether oxygens (including phenoxy) is 1. The maximum Gasteiger partial charge on any atom is 0.207 e. The molecule has 1 saturated heterocycles. The van der Waals surface area contributed by atoms with Gasteiger partial charge in [0.25, 0.3) is 0 Å². The van der Waals surface area contributed by atoms with Crippen LogP contribution in [0, 0.1) is 6.92 Å². The fourth-order valence-electron chi connectivity index (χ4n) is 2.35. The topological polar surface area (TPSA) is 100 Å². The molecule has 124 valence electrons. The second kappa shape index (κ2) is 6.45. The highest BCUT2D eigenvalue weighted by Crippen LogP contribution is 2.30. The Morgan fingerprint density at radius 3 is 2.78 bits per heavy atom. The lowest BCUT2D eigenvalue weighted by atomic mass is 10.1. The zero-order valence-corrected chi connectivity index (χ0v) is 14.5. The molecule has 2 heterocycles. The minimum atomic E-state index is -1.25. The first kappa shape index (κ1) is 16.8. The van der Waals surface area contributed by atoms with Crippen LogP contribution in [0.1, 0.15) is 5.76 Å². The molecule has 1 aliphatic rings. The molecule has 1 fully saturated rings. The number of aliphatic hydroxyl groups is 3. The van der Waals surface area contributed by atoms with Crippen molar-refractivity contribution in [2.45, 2.75) is 30.7 Å². The predicted molar refractivity (Wildman–Crippen MR) is 89.8 cm³/mol. The summed E-state index contributed by atoms with van der Waals surface area (Å²) in [4.78, 5) is 12.1. The van der Waals surface area contributed by atoms with Gasteiger partial charge in [0.2, 0.25) is 5.43 Å². The molecule has 0 unspecified atom stereocenters. The largest absolute Gasteiger partial charge is 0.477 e. The van der Waals surface area contributed by atoms with Crippen molar-refractivity contribution in [3.8, 4) is 5.75 Å². The van der Waals surface area contributed by atoms with E-state index >= 15 is 0 Å². The second-order valence-corrected chi connectivity index (χ2v) is 7.25. The number of thioether (sulfide) groups is 1. The summed E-state index contributed by atoms with van der Waals surface area (Å²) < 4.78 is 11.6. The van der Waals surface area contributed by atoms with Gasteiger partial charge in [0.1, 0.15) is 33.8 Å². The highest BCUT2D eigenvalue weighted by atomic mass is 79.9. The van der Waals surface area contributed by atoms with Gasteiger partial charge in [-0.15, -0.1) is 11.8 Å². The van der Waals surface area contributed by atoms with Crippen LogP contribution in [-0.2, 0) is 0 Å². The Balaban J connectivity index is 1.90. The molecule has 1 aromatic heterocycles. The monoisotopic (exact) mass is 402 g/mol. The normalized spacial score (nSPS) is 28.0. The molecule has 1 aliphatic heterocycles. The molecule has 0 saturated carbocycles. The number of aryl methyl sites for hydroxylation is 1. The Labute approximate surface area is 144 Å². The third kappa shape index (κ3) is 3.14. The fourth-order valence-corrected chi connectivity index (χ4v) is 3.77. The number of hydrogen-bond donors (Lipinski definition) is 3. The van der Waals surface area contributed by atoms with Gasteiger partial charge in [-0.05, 0) is 35.0 Å². The van der Waals surface area contributed by atoms with Crippen molar-refractivity contribution in [3.63, 3.8) is 0 Å². The van der Waals surface area contributed by atoms with Crippen molar-refractivity contribution in [3.05, 3.63) is 38.7 Å². The molecule has 2 aromatic rings. The van der Waals surface area contributed by atoms with Crippen LogP contribution in [0.15, 0.2) is 31.9 Å². The van der Waals surface area contributed by atoms with E-state index in [0.29, 0.717) is 27.0 Å². The van der Waals surface area contributed by atoms with Crippen molar-refractivity contribution in [2.75, 3.05) is 5.75 Å². The first-order chi connectivity index (χ1) is 10.9. The van der Waals surface area contributed by atoms with Crippen molar-refractivity contribution >= 4 is 38.7 Å². The summed E-state index contributed by atoms with van der Waals surface area (Å²) in [5.41, 5.74) is -0.501. The van der Waals surface area contributed by atoms with Crippen LogP contribution in [0.4, 0.5) is 0 Å². The van der Waals surface area contributed by atoms with Gasteiger partial charge in [-0.25, -0.2) is 0 Å². The summed E-state index contributed by atoms with van der Waals surface area (Å²) in [6.45, 7) is 1.68. The molecule has 0 bridgehead atoms. The maximum atomic E-state index is 12.1. The van der Waals surface area contributed by atoms with Crippen molar-refractivity contribution in [1.29, 1.82) is 0 Å². The number of hydrogen-bond acceptors (Lipinski definition) is 7. The minimum Gasteiger partial charge on any atom is -0.477 e. The van der Waals surface area contributed by atoms with Gasteiger partial charge in [0.05, 0.1) is 11.5 Å². The van der Waals surface area contributed by atoms with Gasteiger partial charge < -0.3 is 24.5 Å². The van der Waals surface area contributed by atoms with E-state index in [-0.39, 0.29) is 11.2 Å². The molecular formula is C15H15BrO6S. The molecule has 0 amide bonds. The van der Waals surface area contributed by atoms with E-state index in [1.54, 1.807) is 25.1 Å². The van der Waals surface area contributed by atoms with Crippen LogP contribution in [0.2, 0.25) is 0 Å². The molecule has 0 aliphatic carbocycles. The lowest BCUT2D eigenvalue weighted by Gasteiger charge is -2.34. The van der Waals surface area contributed by atoms with E-state index < -0.39 is 23.7 Å². The Morgan fingerprint density at radius 2 is 2.04 bits per heavy atom. The first-order valence-electron chi connectivity index (χ1n) is 6.94. The van der Waals surface area contributed by atoms with Crippen molar-refractivity contribution in [1.82, 2.24) is 0 Å². The molecule has 23 heavy (non-hydrogen) atoms. The standard InChI is InChI=1S/C15H15BrO6S/c1-6-11(16)12(18)8-3-2-7(4-10(8)21-6)22-15-14(20)13(19)9(17)5-23-15/h2-4,9,13-15,17,19-20H,5H2,1H3/t9-,13+,14-,15+/m1/s1. The van der Waals surface area contributed by atoms with Gasteiger partial charge >= 0.3 is 0 Å². The number of fused-ring (bicyclic) bond motifs is 1. The predicted octanol–water partition coefficient (Wildman–Crippen LogP) is 1.40. The fraction of sp³-hybridized carbons (Fsp3) is 0.400. The molecule has 6 nitrogen and oxygen atoms in total.